The predicted molar refractivity (Wildman–Crippen MR) is 74.4 cm³/mol. The van der Waals surface area contributed by atoms with Crippen LogP contribution < -0.4 is 0 Å². The van der Waals surface area contributed by atoms with Crippen LogP contribution in [0.2, 0.25) is 5.02 Å². The number of piperidine rings is 1. The van der Waals surface area contributed by atoms with Crippen molar-refractivity contribution >= 4 is 11.6 Å². The van der Waals surface area contributed by atoms with E-state index in [1.54, 1.807) is 6.07 Å². The van der Waals surface area contributed by atoms with Crippen molar-refractivity contribution in [1.82, 2.24) is 4.90 Å². The third kappa shape index (κ3) is 3.25. The maximum Gasteiger partial charge on any atom is 0.0992 e. The third-order valence-electron chi connectivity index (χ3n) is 3.52. The van der Waals surface area contributed by atoms with E-state index in [0.717, 1.165) is 37.0 Å². The van der Waals surface area contributed by atoms with Crippen molar-refractivity contribution in [2.24, 2.45) is 11.8 Å². The summed E-state index contributed by atoms with van der Waals surface area (Å²) in [5.74, 6) is 1.51. The number of likely N-dealkylation sites (tertiary alicyclic amines) is 1. The zero-order valence-corrected chi connectivity index (χ0v) is 11.7. The lowest BCUT2D eigenvalue weighted by molar-refractivity contribution is 0.134. The number of hydrogen-bond acceptors (Lipinski definition) is 2. The number of rotatable bonds is 2. The van der Waals surface area contributed by atoms with Gasteiger partial charge in [-0.25, -0.2) is 0 Å². The molecule has 96 valence electrons. The quantitative estimate of drug-likeness (QED) is 0.813. The summed E-state index contributed by atoms with van der Waals surface area (Å²) in [5, 5.41) is 9.53. The molecule has 18 heavy (non-hydrogen) atoms. The Hall–Kier alpha value is -1.04. The first-order valence-electron chi connectivity index (χ1n) is 6.49. The van der Waals surface area contributed by atoms with Crippen LogP contribution >= 0.6 is 11.6 Å². The highest BCUT2D eigenvalue weighted by Gasteiger charge is 2.22. The SMILES string of the molecule is CC1CC(C)CN(Cc2ccc(C#N)cc2Cl)C1. The van der Waals surface area contributed by atoms with Gasteiger partial charge in [-0.05, 0) is 36.0 Å². The maximum atomic E-state index is 8.82. The average Bonchev–Trinajstić information content (AvgIpc) is 2.30. The van der Waals surface area contributed by atoms with Crippen LogP contribution in [-0.2, 0) is 6.54 Å². The summed E-state index contributed by atoms with van der Waals surface area (Å²) in [6.07, 6.45) is 1.32. The number of hydrogen-bond donors (Lipinski definition) is 0. The minimum Gasteiger partial charge on any atom is -0.299 e. The van der Waals surface area contributed by atoms with Crippen molar-refractivity contribution in [3.8, 4) is 6.07 Å². The van der Waals surface area contributed by atoms with Gasteiger partial charge in [-0.1, -0.05) is 31.5 Å². The molecule has 2 unspecified atom stereocenters. The molecule has 0 radical (unpaired) electrons. The van der Waals surface area contributed by atoms with E-state index in [-0.39, 0.29) is 0 Å². The molecule has 3 heteroatoms. The first-order chi connectivity index (χ1) is 8.58. The monoisotopic (exact) mass is 262 g/mol. The van der Waals surface area contributed by atoms with Crippen LogP contribution in [0.5, 0.6) is 0 Å². The lowest BCUT2D eigenvalue weighted by atomic mass is 9.91. The smallest absolute Gasteiger partial charge is 0.0992 e. The minimum absolute atomic E-state index is 0.629. The van der Waals surface area contributed by atoms with Gasteiger partial charge in [-0.15, -0.1) is 0 Å². The maximum absolute atomic E-state index is 8.82. The molecular formula is C15H19ClN2. The molecule has 0 saturated carbocycles. The van der Waals surface area contributed by atoms with Crippen molar-refractivity contribution in [2.45, 2.75) is 26.8 Å². The summed E-state index contributed by atoms with van der Waals surface area (Å²) in [4.78, 5) is 2.46. The lowest BCUT2D eigenvalue weighted by Gasteiger charge is -2.35. The molecule has 1 saturated heterocycles. The van der Waals surface area contributed by atoms with Crippen LogP contribution in [0.1, 0.15) is 31.4 Å². The Balaban J connectivity index is 2.07. The Morgan fingerprint density at radius 1 is 1.33 bits per heavy atom. The van der Waals surface area contributed by atoms with E-state index in [2.05, 4.69) is 24.8 Å². The van der Waals surface area contributed by atoms with E-state index in [1.807, 2.05) is 12.1 Å². The van der Waals surface area contributed by atoms with Crippen LogP contribution in [0.4, 0.5) is 0 Å². The first kappa shape index (κ1) is 13.4. The van der Waals surface area contributed by atoms with E-state index in [9.17, 15) is 0 Å². The number of benzene rings is 1. The van der Waals surface area contributed by atoms with E-state index in [0.29, 0.717) is 10.6 Å². The normalized spacial score (nSPS) is 24.8. The molecular weight excluding hydrogens is 244 g/mol. The van der Waals surface area contributed by atoms with Gasteiger partial charge < -0.3 is 0 Å². The van der Waals surface area contributed by atoms with Gasteiger partial charge in [0, 0.05) is 24.7 Å². The van der Waals surface area contributed by atoms with Gasteiger partial charge in [-0.2, -0.15) is 5.26 Å². The van der Waals surface area contributed by atoms with Crippen molar-refractivity contribution < 1.29 is 0 Å². The van der Waals surface area contributed by atoms with Crippen molar-refractivity contribution in [3.63, 3.8) is 0 Å². The van der Waals surface area contributed by atoms with E-state index < -0.39 is 0 Å². The molecule has 2 rings (SSSR count). The molecule has 0 bridgehead atoms. The van der Waals surface area contributed by atoms with Crippen LogP contribution in [0.3, 0.4) is 0 Å². The van der Waals surface area contributed by atoms with Crippen LogP contribution in [0.15, 0.2) is 18.2 Å². The highest BCUT2D eigenvalue weighted by molar-refractivity contribution is 6.31. The Bertz CT molecular complexity index is 454. The molecule has 2 atom stereocenters. The zero-order valence-electron chi connectivity index (χ0n) is 11.0. The van der Waals surface area contributed by atoms with Gasteiger partial charge in [0.25, 0.3) is 0 Å². The summed E-state index contributed by atoms with van der Waals surface area (Å²) >= 11 is 6.22. The zero-order chi connectivity index (χ0) is 13.1. The summed E-state index contributed by atoms with van der Waals surface area (Å²) in [7, 11) is 0. The van der Waals surface area contributed by atoms with Gasteiger partial charge >= 0.3 is 0 Å². The standard InChI is InChI=1S/C15H19ClN2/c1-11-5-12(2)9-18(8-11)10-14-4-3-13(7-17)6-15(14)16/h3-4,6,11-12H,5,8-10H2,1-2H3. The fraction of sp³-hybridized carbons (Fsp3) is 0.533. The predicted octanol–water partition coefficient (Wildman–Crippen LogP) is 3.69. The van der Waals surface area contributed by atoms with Gasteiger partial charge in [0.05, 0.1) is 11.6 Å². The molecule has 0 amide bonds. The van der Waals surface area contributed by atoms with Gasteiger partial charge in [0.2, 0.25) is 0 Å². The van der Waals surface area contributed by atoms with Gasteiger partial charge in [-0.3, -0.25) is 4.90 Å². The first-order valence-corrected chi connectivity index (χ1v) is 6.87. The van der Waals surface area contributed by atoms with Crippen LogP contribution in [-0.4, -0.2) is 18.0 Å². The highest BCUT2D eigenvalue weighted by Crippen LogP contribution is 2.25. The molecule has 0 aliphatic carbocycles. The fourth-order valence-corrected chi connectivity index (χ4v) is 3.15. The second-order valence-electron chi connectivity index (χ2n) is 5.56. The minimum atomic E-state index is 0.629. The third-order valence-corrected chi connectivity index (χ3v) is 3.87. The Labute approximate surface area is 114 Å². The second-order valence-corrected chi connectivity index (χ2v) is 5.97. The Morgan fingerprint density at radius 2 is 2.00 bits per heavy atom. The lowest BCUT2D eigenvalue weighted by Crippen LogP contribution is -2.38. The Morgan fingerprint density at radius 3 is 2.56 bits per heavy atom. The highest BCUT2D eigenvalue weighted by atomic mass is 35.5. The van der Waals surface area contributed by atoms with Gasteiger partial charge in [0.1, 0.15) is 0 Å². The number of halogens is 1. The Kier molecular flexibility index (Phi) is 4.27. The van der Waals surface area contributed by atoms with Crippen molar-refractivity contribution in [3.05, 3.63) is 34.3 Å². The topological polar surface area (TPSA) is 27.0 Å². The van der Waals surface area contributed by atoms with Crippen LogP contribution in [0, 0.1) is 23.2 Å². The average molecular weight is 263 g/mol. The fourth-order valence-electron chi connectivity index (χ4n) is 2.91. The summed E-state index contributed by atoms with van der Waals surface area (Å²) in [5.41, 5.74) is 1.75. The molecule has 1 heterocycles. The van der Waals surface area contributed by atoms with E-state index in [4.69, 9.17) is 16.9 Å². The molecule has 0 aromatic heterocycles. The molecule has 1 aliphatic heterocycles. The van der Waals surface area contributed by atoms with Crippen molar-refractivity contribution in [1.29, 1.82) is 5.26 Å². The largest absolute Gasteiger partial charge is 0.299 e. The van der Waals surface area contributed by atoms with Gasteiger partial charge in [0.15, 0.2) is 0 Å². The molecule has 1 aromatic carbocycles. The molecule has 0 N–H and O–H groups in total. The van der Waals surface area contributed by atoms with E-state index in [1.165, 1.54) is 6.42 Å². The second kappa shape index (κ2) is 5.73. The number of nitrogens with zero attached hydrogens (tertiary/aromatic N) is 2. The molecule has 2 nitrogen and oxygen atoms in total. The molecule has 1 fully saturated rings. The summed E-state index contributed by atoms with van der Waals surface area (Å²) < 4.78 is 0. The van der Waals surface area contributed by atoms with Crippen molar-refractivity contribution in [2.75, 3.05) is 13.1 Å². The molecule has 1 aromatic rings. The van der Waals surface area contributed by atoms with E-state index >= 15 is 0 Å². The number of nitriles is 1. The summed E-state index contributed by atoms with van der Waals surface area (Å²) in [6, 6.07) is 7.69. The summed E-state index contributed by atoms with van der Waals surface area (Å²) in [6.45, 7) is 7.78. The van der Waals surface area contributed by atoms with Crippen LogP contribution in [0.25, 0.3) is 0 Å². The molecule has 0 spiro atoms. The molecule has 1 aliphatic rings.